The minimum atomic E-state index is -0.760. The summed E-state index contributed by atoms with van der Waals surface area (Å²) in [6.45, 7) is 9.84. The maximum Gasteiger partial charge on any atom is 0.244 e. The van der Waals surface area contributed by atoms with Crippen LogP contribution in [-0.2, 0) is 14.4 Å². The molecule has 2 bridgehead atoms. The van der Waals surface area contributed by atoms with Crippen LogP contribution in [0.25, 0.3) is 0 Å². The number of amides is 3. The van der Waals surface area contributed by atoms with Crippen molar-refractivity contribution in [3.8, 4) is 5.75 Å². The van der Waals surface area contributed by atoms with Gasteiger partial charge < -0.3 is 25.4 Å². The van der Waals surface area contributed by atoms with Crippen molar-refractivity contribution in [3.05, 3.63) is 24.3 Å². The first-order valence-electron chi connectivity index (χ1n) is 12.6. The molecule has 8 nitrogen and oxygen atoms in total. The van der Waals surface area contributed by atoms with E-state index >= 15 is 0 Å². The van der Waals surface area contributed by atoms with E-state index in [4.69, 9.17) is 4.74 Å². The van der Waals surface area contributed by atoms with Crippen LogP contribution < -0.4 is 15.4 Å². The Morgan fingerprint density at radius 3 is 2.47 bits per heavy atom. The monoisotopic (exact) mass is 581 g/mol. The number of fused-ring (bicyclic) bond motifs is 1. The third-order valence-electron chi connectivity index (χ3n) is 7.28. The number of nitrogens with zero attached hydrogens (tertiary/aromatic N) is 1. The largest absolute Gasteiger partial charge is 0.494 e. The predicted molar refractivity (Wildman–Crippen MR) is 144 cm³/mol. The SMILES string of the molecule is CCOc1ccc(NC(=O)[C@H]2[C@H]3C(=O)N([C@@H](CC)CO)C(C(=O)NC(C)(C)C)C34CC(Br)[C@@H]2S4)cc1. The number of thioether (sulfide) groups is 1. The van der Waals surface area contributed by atoms with E-state index in [1.165, 1.54) is 0 Å². The van der Waals surface area contributed by atoms with Crippen LogP contribution in [0, 0.1) is 11.8 Å². The second-order valence-corrected chi connectivity index (χ2v) is 13.6. The summed E-state index contributed by atoms with van der Waals surface area (Å²) in [7, 11) is 0. The fraction of sp³-hybridized carbons (Fsp3) is 0.654. The molecule has 3 amide bonds. The second kappa shape index (κ2) is 10.2. The van der Waals surface area contributed by atoms with E-state index in [-0.39, 0.29) is 34.4 Å². The van der Waals surface area contributed by atoms with Gasteiger partial charge >= 0.3 is 0 Å². The first-order chi connectivity index (χ1) is 17.0. The van der Waals surface area contributed by atoms with Gasteiger partial charge in [-0.05, 0) is 64.8 Å². The van der Waals surface area contributed by atoms with Gasteiger partial charge in [0.25, 0.3) is 0 Å². The number of carbonyl (C=O) groups is 3. The van der Waals surface area contributed by atoms with Gasteiger partial charge in [0.05, 0.1) is 35.8 Å². The number of halogens is 1. The highest BCUT2D eigenvalue weighted by Gasteiger charge is 2.76. The number of ether oxygens (including phenoxy) is 1. The molecule has 10 heteroatoms. The van der Waals surface area contributed by atoms with Crippen molar-refractivity contribution in [2.24, 2.45) is 11.8 Å². The third kappa shape index (κ3) is 4.65. The lowest BCUT2D eigenvalue weighted by molar-refractivity contribution is -0.142. The highest BCUT2D eigenvalue weighted by atomic mass is 79.9. The third-order valence-corrected chi connectivity index (χ3v) is 10.5. The van der Waals surface area contributed by atoms with Gasteiger partial charge in [-0.25, -0.2) is 0 Å². The van der Waals surface area contributed by atoms with Gasteiger partial charge in [-0.15, -0.1) is 11.8 Å². The molecule has 0 saturated carbocycles. The molecular formula is C26H36BrN3O5S. The van der Waals surface area contributed by atoms with Gasteiger partial charge in [-0.2, -0.15) is 0 Å². The molecule has 0 aromatic heterocycles. The number of anilines is 1. The summed E-state index contributed by atoms with van der Waals surface area (Å²) in [5.41, 5.74) is 0.142. The zero-order valence-corrected chi connectivity index (χ0v) is 23.8. The van der Waals surface area contributed by atoms with Gasteiger partial charge in [0.1, 0.15) is 11.8 Å². The number of nitrogens with one attached hydrogen (secondary N) is 2. The molecule has 36 heavy (non-hydrogen) atoms. The smallest absolute Gasteiger partial charge is 0.244 e. The number of carbonyl (C=O) groups excluding carboxylic acids is 3. The number of hydrogen-bond acceptors (Lipinski definition) is 6. The number of hydrogen-bond donors (Lipinski definition) is 3. The molecular weight excluding hydrogens is 546 g/mol. The average molecular weight is 583 g/mol. The highest BCUT2D eigenvalue weighted by molar-refractivity contribution is 9.09. The first kappa shape index (κ1) is 27.3. The minimum Gasteiger partial charge on any atom is -0.494 e. The zero-order chi connectivity index (χ0) is 26.4. The van der Waals surface area contributed by atoms with Crippen molar-refractivity contribution in [2.45, 2.75) is 79.9 Å². The highest BCUT2D eigenvalue weighted by Crippen LogP contribution is 2.68. The number of aliphatic hydroxyl groups excluding tert-OH is 1. The zero-order valence-electron chi connectivity index (χ0n) is 21.4. The Balaban J connectivity index is 1.68. The van der Waals surface area contributed by atoms with E-state index in [1.807, 2.05) is 34.6 Å². The number of benzene rings is 1. The number of rotatable bonds is 8. The molecule has 3 aliphatic heterocycles. The molecule has 4 rings (SSSR count). The van der Waals surface area contributed by atoms with Crippen molar-refractivity contribution in [3.63, 3.8) is 0 Å². The first-order valence-corrected chi connectivity index (χ1v) is 14.4. The van der Waals surface area contributed by atoms with Crippen molar-refractivity contribution in [1.82, 2.24) is 10.2 Å². The second-order valence-electron chi connectivity index (χ2n) is 10.8. The molecule has 1 aromatic rings. The lowest BCUT2D eigenvalue weighted by Crippen LogP contribution is -2.59. The summed E-state index contributed by atoms with van der Waals surface area (Å²) < 4.78 is 4.74. The molecule has 7 atom stereocenters. The van der Waals surface area contributed by atoms with Crippen LogP contribution >= 0.6 is 27.7 Å². The molecule has 3 fully saturated rings. The standard InChI is InChI=1S/C26H36BrN3O5S/c1-6-15(13-31)30-21(23(33)29-25(3,4)5)26-12-17(27)20(36-26)18(19(26)24(30)34)22(32)28-14-8-10-16(11-9-14)35-7-2/h8-11,15,17-21,31H,6-7,12-13H2,1-5H3,(H,28,32)(H,29,33)/t15-,17?,18-,19-,20-,21?,26?/m0/s1. The Morgan fingerprint density at radius 2 is 1.92 bits per heavy atom. The van der Waals surface area contributed by atoms with Crippen LogP contribution in [-0.4, -0.2) is 73.4 Å². The van der Waals surface area contributed by atoms with E-state index in [0.717, 1.165) is 5.75 Å². The van der Waals surface area contributed by atoms with E-state index < -0.39 is 34.2 Å². The molecule has 0 radical (unpaired) electrons. The molecule has 3 saturated heterocycles. The topological polar surface area (TPSA) is 108 Å². The Labute approximate surface area is 225 Å². The summed E-state index contributed by atoms with van der Waals surface area (Å²) in [5.74, 6) is -1.19. The fourth-order valence-corrected chi connectivity index (χ4v) is 9.54. The quantitative estimate of drug-likeness (QED) is 0.407. The maximum absolute atomic E-state index is 14.0. The molecule has 0 aliphatic carbocycles. The minimum absolute atomic E-state index is 0.0123. The van der Waals surface area contributed by atoms with Gasteiger partial charge in [0, 0.05) is 21.3 Å². The van der Waals surface area contributed by atoms with Gasteiger partial charge in [0.2, 0.25) is 17.7 Å². The van der Waals surface area contributed by atoms with Crippen LogP contribution in [0.1, 0.15) is 47.5 Å². The number of alkyl halides is 1. The van der Waals surface area contributed by atoms with Crippen LogP contribution in [0.2, 0.25) is 0 Å². The molecule has 1 aromatic carbocycles. The Bertz CT molecular complexity index is 1010. The Hall–Kier alpha value is -1.78. The summed E-state index contributed by atoms with van der Waals surface area (Å²) in [5, 5.41) is 16.0. The summed E-state index contributed by atoms with van der Waals surface area (Å²) in [6.07, 6.45) is 1.12. The van der Waals surface area contributed by atoms with Crippen molar-refractivity contribution < 1.29 is 24.2 Å². The lowest BCUT2D eigenvalue weighted by Gasteiger charge is -2.38. The van der Waals surface area contributed by atoms with Crippen molar-refractivity contribution >= 4 is 51.1 Å². The van der Waals surface area contributed by atoms with Gasteiger partial charge in [0.15, 0.2) is 0 Å². The molecule has 198 valence electrons. The van der Waals surface area contributed by atoms with Gasteiger partial charge in [-0.1, -0.05) is 22.9 Å². The van der Waals surface area contributed by atoms with Crippen LogP contribution in [0.15, 0.2) is 24.3 Å². The molecule has 3 N–H and O–H groups in total. The summed E-state index contributed by atoms with van der Waals surface area (Å²) in [6, 6.07) is 5.91. The van der Waals surface area contributed by atoms with Gasteiger partial charge in [-0.3, -0.25) is 14.4 Å². The lowest BCUT2D eigenvalue weighted by atomic mass is 9.70. The summed E-state index contributed by atoms with van der Waals surface area (Å²) >= 11 is 5.36. The maximum atomic E-state index is 14.0. The number of likely N-dealkylation sites (tertiary alicyclic amines) is 1. The van der Waals surface area contributed by atoms with Crippen molar-refractivity contribution in [1.29, 1.82) is 0 Å². The molecule has 3 heterocycles. The molecule has 1 spiro atoms. The predicted octanol–water partition coefficient (Wildman–Crippen LogP) is 3.17. The van der Waals surface area contributed by atoms with E-state index in [9.17, 15) is 19.5 Å². The average Bonchev–Trinajstić information content (AvgIpc) is 3.39. The molecule has 3 unspecified atom stereocenters. The normalized spacial score (nSPS) is 31.8. The van der Waals surface area contributed by atoms with Crippen LogP contribution in [0.4, 0.5) is 5.69 Å². The van der Waals surface area contributed by atoms with E-state index in [0.29, 0.717) is 25.1 Å². The van der Waals surface area contributed by atoms with E-state index in [1.54, 1.807) is 40.9 Å². The summed E-state index contributed by atoms with van der Waals surface area (Å²) in [4.78, 5) is 43.0. The molecule has 3 aliphatic rings. The van der Waals surface area contributed by atoms with Crippen LogP contribution in [0.3, 0.4) is 0 Å². The number of aliphatic hydroxyl groups is 1. The Kier molecular flexibility index (Phi) is 7.70. The van der Waals surface area contributed by atoms with Crippen molar-refractivity contribution in [2.75, 3.05) is 18.5 Å². The van der Waals surface area contributed by atoms with Crippen LogP contribution in [0.5, 0.6) is 5.75 Å². The Morgan fingerprint density at radius 1 is 1.25 bits per heavy atom. The van der Waals surface area contributed by atoms with E-state index in [2.05, 4.69) is 26.6 Å². The fourth-order valence-electron chi connectivity index (χ4n) is 5.94.